The van der Waals surface area contributed by atoms with Crippen molar-refractivity contribution in [3.8, 4) is 0 Å². The first-order valence-electron chi connectivity index (χ1n) is 9.88. The molecule has 3 heterocycles. The van der Waals surface area contributed by atoms with E-state index in [1.165, 1.54) is 0 Å². The van der Waals surface area contributed by atoms with E-state index in [2.05, 4.69) is 33.6 Å². The monoisotopic (exact) mass is 367 g/mol. The highest BCUT2D eigenvalue weighted by Crippen LogP contribution is 2.18. The van der Waals surface area contributed by atoms with Crippen LogP contribution in [-0.4, -0.2) is 60.0 Å². The molecule has 27 heavy (non-hydrogen) atoms. The van der Waals surface area contributed by atoms with Crippen molar-refractivity contribution >= 4 is 17.4 Å². The zero-order chi connectivity index (χ0) is 19.1. The van der Waals surface area contributed by atoms with Gasteiger partial charge < -0.3 is 14.7 Å². The Bertz CT molecular complexity index is 722. The number of piperazine rings is 1. The van der Waals surface area contributed by atoms with Crippen LogP contribution >= 0.6 is 0 Å². The highest BCUT2D eigenvalue weighted by molar-refractivity contribution is 5.95. The lowest BCUT2D eigenvalue weighted by Gasteiger charge is -2.35. The van der Waals surface area contributed by atoms with Crippen molar-refractivity contribution in [3.63, 3.8) is 0 Å². The van der Waals surface area contributed by atoms with Crippen LogP contribution in [0.25, 0.3) is 0 Å². The van der Waals surface area contributed by atoms with Gasteiger partial charge in [0.25, 0.3) is 5.91 Å². The summed E-state index contributed by atoms with van der Waals surface area (Å²) in [5.74, 6) is 1.04. The van der Waals surface area contributed by atoms with Gasteiger partial charge in [0.15, 0.2) is 0 Å². The summed E-state index contributed by atoms with van der Waals surface area (Å²) in [4.78, 5) is 28.2. The second-order valence-corrected chi connectivity index (χ2v) is 6.89. The van der Waals surface area contributed by atoms with E-state index < -0.39 is 0 Å². The molecule has 0 bridgehead atoms. The first-order chi connectivity index (χ1) is 13.2. The van der Waals surface area contributed by atoms with Crippen molar-refractivity contribution < 1.29 is 4.79 Å². The van der Waals surface area contributed by atoms with E-state index in [0.717, 1.165) is 50.5 Å². The van der Waals surface area contributed by atoms with Crippen LogP contribution in [0.2, 0.25) is 0 Å². The van der Waals surface area contributed by atoms with E-state index in [1.54, 1.807) is 6.20 Å². The third kappa shape index (κ3) is 4.76. The largest absolute Gasteiger partial charge is 0.370 e. The maximum Gasteiger partial charge on any atom is 0.255 e. The fourth-order valence-corrected chi connectivity index (χ4v) is 3.49. The van der Waals surface area contributed by atoms with Crippen molar-refractivity contribution in [3.05, 3.63) is 48.4 Å². The van der Waals surface area contributed by atoms with E-state index in [4.69, 9.17) is 0 Å². The number of amides is 1. The Hall–Kier alpha value is -2.63. The summed E-state index contributed by atoms with van der Waals surface area (Å²) >= 11 is 0. The van der Waals surface area contributed by atoms with Crippen LogP contribution in [0.1, 0.15) is 37.0 Å². The van der Waals surface area contributed by atoms with E-state index in [-0.39, 0.29) is 5.91 Å². The summed E-state index contributed by atoms with van der Waals surface area (Å²) in [6.07, 6.45) is 7.51. The molecule has 1 fully saturated rings. The van der Waals surface area contributed by atoms with Crippen molar-refractivity contribution in [1.82, 2.24) is 14.9 Å². The molecule has 2 aromatic heterocycles. The van der Waals surface area contributed by atoms with Crippen LogP contribution in [0.4, 0.5) is 11.5 Å². The maximum atomic E-state index is 13.0. The molecule has 6 heteroatoms. The fourth-order valence-electron chi connectivity index (χ4n) is 3.49. The number of carbonyl (C=O) groups excluding carboxylic acids is 1. The molecule has 0 atom stereocenters. The van der Waals surface area contributed by atoms with Gasteiger partial charge in [0, 0.05) is 51.7 Å². The molecule has 1 amide bonds. The molecule has 3 rings (SSSR count). The first-order valence-corrected chi connectivity index (χ1v) is 9.88. The Balaban J connectivity index is 1.65. The van der Waals surface area contributed by atoms with Gasteiger partial charge in [-0.05, 0) is 31.0 Å². The van der Waals surface area contributed by atoms with Crippen molar-refractivity contribution in [2.24, 2.45) is 0 Å². The Labute approximate surface area is 161 Å². The standard InChI is InChI=1S/C21H29N5O/c1-3-9-24(10-4-2)19-15-18(16-22-17-19)21(27)26-13-11-25(12-14-26)20-7-5-6-8-23-20/h5-8,15-17H,3-4,9-14H2,1-2H3. The Morgan fingerprint density at radius 3 is 2.44 bits per heavy atom. The summed E-state index contributed by atoms with van der Waals surface area (Å²) in [5, 5.41) is 0. The van der Waals surface area contributed by atoms with E-state index >= 15 is 0 Å². The topological polar surface area (TPSA) is 52.6 Å². The minimum absolute atomic E-state index is 0.0676. The molecule has 1 aliphatic heterocycles. The van der Waals surface area contributed by atoms with Gasteiger partial charge in [0.1, 0.15) is 5.82 Å². The van der Waals surface area contributed by atoms with Gasteiger partial charge in [-0.2, -0.15) is 0 Å². The Morgan fingerprint density at radius 2 is 1.81 bits per heavy atom. The molecule has 0 unspecified atom stereocenters. The quantitative estimate of drug-likeness (QED) is 0.753. The number of aromatic nitrogens is 2. The van der Waals surface area contributed by atoms with Crippen molar-refractivity contribution in [2.45, 2.75) is 26.7 Å². The molecule has 0 N–H and O–H groups in total. The maximum absolute atomic E-state index is 13.0. The Morgan fingerprint density at radius 1 is 1.07 bits per heavy atom. The van der Waals surface area contributed by atoms with Gasteiger partial charge >= 0.3 is 0 Å². The highest BCUT2D eigenvalue weighted by atomic mass is 16.2. The van der Waals surface area contributed by atoms with Crippen molar-refractivity contribution in [2.75, 3.05) is 49.1 Å². The molecule has 0 aliphatic carbocycles. The number of hydrogen-bond donors (Lipinski definition) is 0. The SMILES string of the molecule is CCCN(CCC)c1cncc(C(=O)N2CCN(c3ccccn3)CC2)c1. The van der Waals surface area contributed by atoms with Crippen LogP contribution in [0.3, 0.4) is 0 Å². The van der Waals surface area contributed by atoms with Crippen LogP contribution in [0.15, 0.2) is 42.9 Å². The first kappa shape index (κ1) is 19.1. The highest BCUT2D eigenvalue weighted by Gasteiger charge is 2.23. The average molecular weight is 367 g/mol. The summed E-state index contributed by atoms with van der Waals surface area (Å²) < 4.78 is 0. The number of carbonyl (C=O) groups is 1. The smallest absolute Gasteiger partial charge is 0.255 e. The van der Waals surface area contributed by atoms with Crippen LogP contribution in [0, 0.1) is 0 Å². The second kappa shape index (κ2) is 9.35. The molecule has 0 radical (unpaired) electrons. The fraction of sp³-hybridized carbons (Fsp3) is 0.476. The summed E-state index contributed by atoms with van der Waals surface area (Å²) in [6.45, 7) is 9.31. The number of anilines is 2. The van der Waals surface area contributed by atoms with Gasteiger partial charge in [-0.3, -0.25) is 9.78 Å². The number of hydrogen-bond acceptors (Lipinski definition) is 5. The molecule has 6 nitrogen and oxygen atoms in total. The van der Waals surface area contributed by atoms with Gasteiger partial charge in [0.05, 0.1) is 17.4 Å². The summed E-state index contributed by atoms with van der Waals surface area (Å²) in [7, 11) is 0. The number of nitrogens with zero attached hydrogens (tertiary/aromatic N) is 5. The van der Waals surface area contributed by atoms with Gasteiger partial charge in [-0.25, -0.2) is 4.98 Å². The normalized spacial score (nSPS) is 14.3. The van der Waals surface area contributed by atoms with Crippen LogP contribution < -0.4 is 9.80 Å². The molecule has 2 aromatic rings. The molecule has 0 saturated carbocycles. The minimum Gasteiger partial charge on any atom is -0.370 e. The summed E-state index contributed by atoms with van der Waals surface area (Å²) in [6, 6.07) is 7.92. The predicted molar refractivity (Wildman–Crippen MR) is 109 cm³/mol. The lowest BCUT2D eigenvalue weighted by atomic mass is 10.2. The van der Waals surface area contributed by atoms with E-state index in [0.29, 0.717) is 18.7 Å². The number of pyridine rings is 2. The van der Waals surface area contributed by atoms with Gasteiger partial charge in [-0.15, -0.1) is 0 Å². The minimum atomic E-state index is 0.0676. The van der Waals surface area contributed by atoms with Gasteiger partial charge in [0.2, 0.25) is 0 Å². The molecule has 1 saturated heterocycles. The second-order valence-electron chi connectivity index (χ2n) is 6.89. The lowest BCUT2D eigenvalue weighted by Crippen LogP contribution is -2.49. The molecule has 144 valence electrons. The molecule has 0 spiro atoms. The third-order valence-electron chi connectivity index (χ3n) is 4.86. The molecular weight excluding hydrogens is 338 g/mol. The zero-order valence-corrected chi connectivity index (χ0v) is 16.3. The van der Waals surface area contributed by atoms with Crippen molar-refractivity contribution in [1.29, 1.82) is 0 Å². The van der Waals surface area contributed by atoms with E-state index in [9.17, 15) is 4.79 Å². The average Bonchev–Trinajstić information content (AvgIpc) is 2.74. The zero-order valence-electron chi connectivity index (χ0n) is 16.3. The third-order valence-corrected chi connectivity index (χ3v) is 4.86. The predicted octanol–water partition coefficient (Wildman–Crippen LogP) is 3.07. The van der Waals surface area contributed by atoms with E-state index in [1.807, 2.05) is 41.6 Å². The number of rotatable bonds is 7. The van der Waals surface area contributed by atoms with Gasteiger partial charge in [-0.1, -0.05) is 19.9 Å². The molecular formula is C21H29N5O. The molecule has 1 aliphatic rings. The van der Waals surface area contributed by atoms with Crippen LogP contribution in [-0.2, 0) is 0 Å². The van der Waals surface area contributed by atoms with Crippen LogP contribution in [0.5, 0.6) is 0 Å². The lowest BCUT2D eigenvalue weighted by molar-refractivity contribution is 0.0746. The Kier molecular flexibility index (Phi) is 6.63. The summed E-state index contributed by atoms with van der Waals surface area (Å²) in [5.41, 5.74) is 1.72. The molecule has 0 aromatic carbocycles.